The van der Waals surface area contributed by atoms with Crippen molar-refractivity contribution in [2.75, 3.05) is 19.8 Å². The van der Waals surface area contributed by atoms with Crippen LogP contribution in [0.2, 0.25) is 0 Å². The van der Waals surface area contributed by atoms with Crippen LogP contribution in [0.1, 0.15) is 103 Å². The van der Waals surface area contributed by atoms with Crippen LogP contribution in [0.3, 0.4) is 0 Å². The van der Waals surface area contributed by atoms with E-state index < -0.39 is 29.2 Å². The molecule has 0 saturated carbocycles. The first-order valence-electron chi connectivity index (χ1n) is 14.2. The Hall–Kier alpha value is -1.96. The van der Waals surface area contributed by atoms with Gasteiger partial charge in [0.15, 0.2) is 23.3 Å². The number of hydrogen-bond acceptors (Lipinski definition) is 3. The molecule has 0 aromatic heterocycles. The Bertz CT molecular complexity index is 927. The van der Waals surface area contributed by atoms with E-state index in [1.807, 2.05) is 20.8 Å². The van der Waals surface area contributed by atoms with Gasteiger partial charge in [-0.3, -0.25) is 0 Å². The van der Waals surface area contributed by atoms with Gasteiger partial charge < -0.3 is 14.2 Å². The Morgan fingerprint density at radius 1 is 0.632 bits per heavy atom. The lowest BCUT2D eigenvalue weighted by atomic mass is 9.89. The minimum atomic E-state index is -1.82. The van der Waals surface area contributed by atoms with E-state index in [4.69, 9.17) is 14.2 Å². The van der Waals surface area contributed by atoms with Gasteiger partial charge in [0.2, 0.25) is 0 Å². The number of benzene rings is 2. The second-order valence-electron chi connectivity index (χ2n) is 9.73. The van der Waals surface area contributed by atoms with E-state index in [1.54, 1.807) is 24.3 Å². The average Bonchev–Trinajstić information content (AvgIpc) is 2.94. The van der Waals surface area contributed by atoms with Gasteiger partial charge in [-0.05, 0) is 42.9 Å². The number of rotatable bonds is 19. The van der Waals surface area contributed by atoms with E-state index in [2.05, 4.69) is 6.92 Å². The van der Waals surface area contributed by atoms with Crippen LogP contribution in [0.15, 0.2) is 30.3 Å². The number of unbranched alkanes of at least 4 members (excludes halogenated alkanes) is 5. The third-order valence-electron chi connectivity index (χ3n) is 6.52. The second-order valence-corrected chi connectivity index (χ2v) is 9.73. The molecule has 0 spiro atoms. The first-order valence-corrected chi connectivity index (χ1v) is 14.2. The third-order valence-corrected chi connectivity index (χ3v) is 6.52. The smallest absolute Gasteiger partial charge is 0.290 e. The first-order chi connectivity index (χ1) is 18.3. The molecule has 0 aliphatic rings. The van der Waals surface area contributed by atoms with Crippen molar-refractivity contribution in [3.8, 4) is 11.1 Å². The fraction of sp³-hybridized carbons (Fsp3) is 0.613. The summed E-state index contributed by atoms with van der Waals surface area (Å²) in [5.41, 5.74) is 0.763. The van der Waals surface area contributed by atoms with Crippen molar-refractivity contribution in [1.29, 1.82) is 0 Å². The largest absolute Gasteiger partial charge is 0.327 e. The first kappa shape index (κ1) is 32.3. The number of ether oxygens (including phenoxy) is 3. The van der Waals surface area contributed by atoms with Gasteiger partial charge >= 0.3 is 0 Å². The summed E-state index contributed by atoms with van der Waals surface area (Å²) in [6, 6.07) is 7.42. The lowest BCUT2D eigenvalue weighted by Gasteiger charge is -2.40. The molecule has 0 radical (unpaired) electrons. The van der Waals surface area contributed by atoms with E-state index in [-0.39, 0.29) is 17.0 Å². The van der Waals surface area contributed by atoms with Crippen molar-refractivity contribution in [3.63, 3.8) is 0 Å². The van der Waals surface area contributed by atoms with Gasteiger partial charge in [-0.1, -0.05) is 90.5 Å². The Kier molecular flexibility index (Phi) is 14.3. The van der Waals surface area contributed by atoms with Crippen molar-refractivity contribution in [1.82, 2.24) is 0 Å². The summed E-state index contributed by atoms with van der Waals surface area (Å²) in [6.07, 6.45) is 9.87. The molecule has 38 heavy (non-hydrogen) atoms. The molecule has 2 aromatic rings. The van der Waals surface area contributed by atoms with E-state index in [9.17, 15) is 17.6 Å². The van der Waals surface area contributed by atoms with Gasteiger partial charge in [-0.15, -0.1) is 0 Å². The lowest BCUT2D eigenvalue weighted by Crippen LogP contribution is -2.46. The van der Waals surface area contributed by atoms with Crippen molar-refractivity contribution < 1.29 is 31.8 Å². The maximum atomic E-state index is 14.4. The highest BCUT2D eigenvalue weighted by atomic mass is 19.2. The third kappa shape index (κ3) is 8.78. The van der Waals surface area contributed by atoms with Crippen molar-refractivity contribution in [3.05, 3.63) is 59.2 Å². The molecule has 0 fully saturated rings. The molecule has 7 heteroatoms. The summed E-state index contributed by atoms with van der Waals surface area (Å²) in [4.78, 5) is 0. The SMILES string of the molecule is CCCCCCCCC(c1ccc(-c2cc(F)c(F)c(F)c2F)cc1)C(OCCC)(OCCC)OCCC. The molecule has 0 amide bonds. The normalized spacial score (nSPS) is 12.7. The molecule has 0 aliphatic carbocycles. The Morgan fingerprint density at radius 2 is 1.16 bits per heavy atom. The fourth-order valence-electron chi connectivity index (χ4n) is 4.51. The van der Waals surface area contributed by atoms with E-state index in [1.165, 1.54) is 19.3 Å². The van der Waals surface area contributed by atoms with Crippen LogP contribution in [-0.2, 0) is 14.2 Å². The fourth-order valence-corrected chi connectivity index (χ4v) is 4.51. The van der Waals surface area contributed by atoms with E-state index >= 15 is 0 Å². The van der Waals surface area contributed by atoms with Gasteiger partial charge in [0, 0.05) is 5.56 Å². The van der Waals surface area contributed by atoms with E-state index in [0.29, 0.717) is 25.9 Å². The minimum Gasteiger partial charge on any atom is -0.327 e. The van der Waals surface area contributed by atoms with Crippen molar-refractivity contribution >= 4 is 0 Å². The molecule has 0 bridgehead atoms. The molecule has 2 aromatic carbocycles. The van der Waals surface area contributed by atoms with Crippen LogP contribution in [0.5, 0.6) is 0 Å². The molecule has 214 valence electrons. The molecule has 3 nitrogen and oxygen atoms in total. The highest BCUT2D eigenvalue weighted by Crippen LogP contribution is 2.40. The lowest BCUT2D eigenvalue weighted by molar-refractivity contribution is -0.392. The maximum Gasteiger partial charge on any atom is 0.290 e. The minimum absolute atomic E-state index is 0.242. The second kappa shape index (κ2) is 16.9. The molecule has 0 heterocycles. The summed E-state index contributed by atoms with van der Waals surface area (Å²) in [5, 5.41) is 0. The van der Waals surface area contributed by atoms with Gasteiger partial charge in [-0.2, -0.15) is 0 Å². The average molecular weight is 541 g/mol. The number of hydrogen-bond donors (Lipinski definition) is 0. The van der Waals surface area contributed by atoms with Crippen LogP contribution >= 0.6 is 0 Å². The summed E-state index contributed by atoms with van der Waals surface area (Å²) in [6.45, 7) is 9.63. The summed E-state index contributed by atoms with van der Waals surface area (Å²) < 4.78 is 74.6. The predicted octanol–water partition coefficient (Wildman–Crippen LogP) is 9.68. The summed E-state index contributed by atoms with van der Waals surface area (Å²) in [5.74, 6) is -8.06. The molecular weight excluding hydrogens is 496 g/mol. The molecule has 0 aliphatic heterocycles. The van der Waals surface area contributed by atoms with Crippen LogP contribution in [0.25, 0.3) is 11.1 Å². The van der Waals surface area contributed by atoms with Crippen LogP contribution in [0.4, 0.5) is 17.6 Å². The Morgan fingerprint density at radius 3 is 1.68 bits per heavy atom. The van der Waals surface area contributed by atoms with Gasteiger partial charge in [0.05, 0.1) is 25.7 Å². The standard InChI is InChI=1S/C31H44F4O3/c1-5-9-10-11-12-13-14-26(31(36-19-6-2,37-20-7-3)38-21-8-4)24-17-15-23(16-18-24)25-22-27(32)29(34)30(35)28(25)33/h15-18,22,26H,5-14,19-21H2,1-4H3. The van der Waals surface area contributed by atoms with E-state index in [0.717, 1.165) is 50.5 Å². The van der Waals surface area contributed by atoms with Crippen LogP contribution in [-0.4, -0.2) is 25.8 Å². The number of halogens is 4. The molecule has 0 saturated heterocycles. The predicted molar refractivity (Wildman–Crippen MR) is 144 cm³/mol. The topological polar surface area (TPSA) is 27.7 Å². The van der Waals surface area contributed by atoms with Gasteiger partial charge in [0.1, 0.15) is 0 Å². The van der Waals surface area contributed by atoms with Crippen LogP contribution < -0.4 is 0 Å². The van der Waals surface area contributed by atoms with Crippen LogP contribution in [0, 0.1) is 23.3 Å². The molecule has 1 atom stereocenters. The summed E-state index contributed by atoms with van der Waals surface area (Å²) in [7, 11) is 0. The van der Waals surface area contributed by atoms with Gasteiger partial charge in [-0.25, -0.2) is 17.6 Å². The quantitative estimate of drug-likeness (QED) is 0.0584. The Balaban J connectivity index is 2.45. The van der Waals surface area contributed by atoms with Gasteiger partial charge in [0.25, 0.3) is 5.97 Å². The zero-order chi connectivity index (χ0) is 28.0. The summed E-state index contributed by atoms with van der Waals surface area (Å²) >= 11 is 0. The van der Waals surface area contributed by atoms with Crippen molar-refractivity contribution in [2.45, 2.75) is 104 Å². The molecule has 2 rings (SSSR count). The Labute approximate surface area is 225 Å². The maximum absolute atomic E-state index is 14.4. The highest BCUT2D eigenvalue weighted by Gasteiger charge is 2.43. The molecular formula is C31H44F4O3. The monoisotopic (exact) mass is 540 g/mol. The zero-order valence-electron chi connectivity index (χ0n) is 23.4. The molecule has 0 N–H and O–H groups in total. The highest BCUT2D eigenvalue weighted by molar-refractivity contribution is 5.65. The van der Waals surface area contributed by atoms with Crippen molar-refractivity contribution in [2.24, 2.45) is 0 Å². The molecule has 1 unspecified atom stereocenters. The zero-order valence-corrected chi connectivity index (χ0v) is 23.4.